The van der Waals surface area contributed by atoms with Crippen molar-refractivity contribution in [1.29, 1.82) is 0 Å². The molecule has 1 fully saturated rings. The van der Waals surface area contributed by atoms with Gasteiger partial charge in [0.05, 0.1) is 29.5 Å². The number of likely N-dealkylation sites (N-methyl/N-ethyl adjacent to an activating group) is 1. The average molecular weight is 446 g/mol. The molecule has 0 unspecified atom stereocenters. The second-order valence-corrected chi connectivity index (χ2v) is 8.40. The topological polar surface area (TPSA) is 105 Å². The van der Waals surface area contributed by atoms with Gasteiger partial charge in [-0.1, -0.05) is 0 Å². The van der Waals surface area contributed by atoms with Crippen LogP contribution in [0.5, 0.6) is 0 Å². The van der Waals surface area contributed by atoms with Gasteiger partial charge in [-0.05, 0) is 43.8 Å². The van der Waals surface area contributed by atoms with Crippen molar-refractivity contribution in [2.24, 2.45) is 0 Å². The SMILES string of the molecule is CN1CCN(c2ccc(NC(=O)c3c(Nc4cncc5c4CCN5)cc[nH]c3=O)cc2)CC1. The van der Waals surface area contributed by atoms with E-state index in [4.69, 9.17) is 0 Å². The first-order valence-corrected chi connectivity index (χ1v) is 11.1. The molecule has 0 spiro atoms. The molecular formula is C24H27N7O2. The molecule has 0 aliphatic carbocycles. The first-order valence-electron chi connectivity index (χ1n) is 11.1. The lowest BCUT2D eigenvalue weighted by molar-refractivity contribution is 0.102. The number of H-pyrrole nitrogens is 1. The van der Waals surface area contributed by atoms with Crippen LogP contribution in [0.15, 0.2) is 53.7 Å². The van der Waals surface area contributed by atoms with Gasteiger partial charge in [-0.2, -0.15) is 0 Å². The van der Waals surface area contributed by atoms with Crippen LogP contribution < -0.4 is 26.4 Å². The number of rotatable bonds is 5. The van der Waals surface area contributed by atoms with Crippen molar-refractivity contribution in [3.8, 4) is 0 Å². The number of hydrogen-bond acceptors (Lipinski definition) is 7. The molecule has 0 atom stereocenters. The fraction of sp³-hybridized carbons (Fsp3) is 0.292. The summed E-state index contributed by atoms with van der Waals surface area (Å²) in [5.74, 6) is -0.467. The van der Waals surface area contributed by atoms with Gasteiger partial charge in [-0.3, -0.25) is 14.6 Å². The quantitative estimate of drug-likeness (QED) is 0.478. The summed E-state index contributed by atoms with van der Waals surface area (Å²) in [7, 11) is 2.13. The molecule has 0 saturated carbocycles. The number of piperazine rings is 1. The second-order valence-electron chi connectivity index (χ2n) is 8.40. The highest BCUT2D eigenvalue weighted by atomic mass is 16.2. The van der Waals surface area contributed by atoms with E-state index in [1.807, 2.05) is 24.3 Å². The molecule has 4 N–H and O–H groups in total. The summed E-state index contributed by atoms with van der Waals surface area (Å²) in [4.78, 5) is 37.2. The molecule has 33 heavy (non-hydrogen) atoms. The standard InChI is InChI=1S/C24H27N7O2/c1-30-10-12-31(13-11-30)17-4-2-16(3-5-17)28-24(33)22-19(7-9-27-23(22)32)29-21-15-25-14-20-18(21)6-8-26-20/h2-5,7,9,14-15,26H,6,8,10-13H2,1H3,(H,28,33)(H2,27,29,32). The maximum atomic E-state index is 13.1. The van der Waals surface area contributed by atoms with E-state index in [9.17, 15) is 9.59 Å². The number of benzene rings is 1. The average Bonchev–Trinajstić information content (AvgIpc) is 3.30. The fourth-order valence-corrected chi connectivity index (χ4v) is 4.31. The minimum atomic E-state index is -0.467. The van der Waals surface area contributed by atoms with Crippen LogP contribution >= 0.6 is 0 Å². The van der Waals surface area contributed by atoms with Crippen molar-refractivity contribution in [3.63, 3.8) is 0 Å². The number of fused-ring (bicyclic) bond motifs is 1. The van der Waals surface area contributed by atoms with Crippen LogP contribution in [0.4, 0.5) is 28.4 Å². The molecule has 170 valence electrons. The van der Waals surface area contributed by atoms with Gasteiger partial charge in [0.15, 0.2) is 0 Å². The molecule has 0 radical (unpaired) electrons. The number of pyridine rings is 2. The Hall–Kier alpha value is -3.85. The van der Waals surface area contributed by atoms with Crippen molar-refractivity contribution in [3.05, 3.63) is 70.4 Å². The van der Waals surface area contributed by atoms with Crippen molar-refractivity contribution in [1.82, 2.24) is 14.9 Å². The van der Waals surface area contributed by atoms with Gasteiger partial charge in [-0.15, -0.1) is 0 Å². The van der Waals surface area contributed by atoms with E-state index >= 15 is 0 Å². The van der Waals surface area contributed by atoms with Crippen LogP contribution in [0, 0.1) is 0 Å². The van der Waals surface area contributed by atoms with Crippen LogP contribution in [0.2, 0.25) is 0 Å². The zero-order valence-corrected chi connectivity index (χ0v) is 18.5. The lowest BCUT2D eigenvalue weighted by Crippen LogP contribution is -2.44. The van der Waals surface area contributed by atoms with Gasteiger partial charge in [-0.25, -0.2) is 0 Å². The zero-order chi connectivity index (χ0) is 22.8. The molecule has 0 bridgehead atoms. The lowest BCUT2D eigenvalue weighted by Gasteiger charge is -2.34. The second kappa shape index (κ2) is 8.95. The highest BCUT2D eigenvalue weighted by Crippen LogP contribution is 2.30. The van der Waals surface area contributed by atoms with Gasteiger partial charge in [0.1, 0.15) is 5.56 Å². The first-order chi connectivity index (χ1) is 16.1. The predicted molar refractivity (Wildman–Crippen MR) is 131 cm³/mol. The van der Waals surface area contributed by atoms with E-state index in [1.54, 1.807) is 18.5 Å². The Morgan fingerprint density at radius 2 is 1.82 bits per heavy atom. The van der Waals surface area contributed by atoms with E-state index in [0.29, 0.717) is 11.4 Å². The summed E-state index contributed by atoms with van der Waals surface area (Å²) in [5.41, 5.74) is 4.63. The lowest BCUT2D eigenvalue weighted by atomic mass is 10.1. The largest absolute Gasteiger partial charge is 0.383 e. The van der Waals surface area contributed by atoms with E-state index < -0.39 is 11.5 Å². The summed E-state index contributed by atoms with van der Waals surface area (Å²) in [6.45, 7) is 4.85. The van der Waals surface area contributed by atoms with Gasteiger partial charge in [0.25, 0.3) is 11.5 Å². The van der Waals surface area contributed by atoms with Crippen LogP contribution in [0.3, 0.4) is 0 Å². The molecule has 1 amide bonds. The summed E-state index contributed by atoms with van der Waals surface area (Å²) in [6, 6.07) is 9.43. The Morgan fingerprint density at radius 1 is 1.03 bits per heavy atom. The van der Waals surface area contributed by atoms with E-state index in [1.165, 1.54) is 6.20 Å². The molecule has 2 aliphatic rings. The van der Waals surface area contributed by atoms with Gasteiger partial charge < -0.3 is 30.7 Å². The van der Waals surface area contributed by atoms with E-state index in [0.717, 1.165) is 61.8 Å². The van der Waals surface area contributed by atoms with Crippen molar-refractivity contribution < 1.29 is 4.79 Å². The van der Waals surface area contributed by atoms with Crippen LogP contribution in [-0.2, 0) is 6.42 Å². The highest BCUT2D eigenvalue weighted by molar-refractivity contribution is 6.08. The monoisotopic (exact) mass is 445 g/mol. The molecule has 3 aromatic rings. The Balaban J connectivity index is 1.34. The molecule has 5 rings (SSSR count). The minimum absolute atomic E-state index is 0.0317. The number of aromatic nitrogens is 2. The summed E-state index contributed by atoms with van der Waals surface area (Å²) >= 11 is 0. The maximum absolute atomic E-state index is 13.1. The number of carbonyl (C=O) groups is 1. The van der Waals surface area contributed by atoms with E-state index in [-0.39, 0.29) is 5.56 Å². The molecule has 9 nitrogen and oxygen atoms in total. The summed E-state index contributed by atoms with van der Waals surface area (Å²) in [5, 5.41) is 9.39. The van der Waals surface area contributed by atoms with E-state index in [2.05, 4.69) is 42.8 Å². The fourth-order valence-electron chi connectivity index (χ4n) is 4.31. The smallest absolute Gasteiger partial charge is 0.263 e. The highest BCUT2D eigenvalue weighted by Gasteiger charge is 2.20. The maximum Gasteiger partial charge on any atom is 0.263 e. The number of nitrogens with zero attached hydrogens (tertiary/aromatic N) is 3. The predicted octanol–water partition coefficient (Wildman–Crippen LogP) is 2.49. The van der Waals surface area contributed by atoms with Gasteiger partial charge >= 0.3 is 0 Å². The molecule has 2 aromatic heterocycles. The molecule has 9 heteroatoms. The Kier molecular flexibility index (Phi) is 5.70. The van der Waals surface area contributed by atoms with Gasteiger partial charge in [0.2, 0.25) is 0 Å². The van der Waals surface area contributed by atoms with Crippen LogP contribution in [-0.4, -0.2) is 60.5 Å². The number of carbonyl (C=O) groups excluding carboxylic acids is 1. The molecule has 1 aromatic carbocycles. The Morgan fingerprint density at radius 3 is 2.61 bits per heavy atom. The van der Waals surface area contributed by atoms with Gasteiger partial charge in [0, 0.05) is 55.9 Å². The molecule has 1 saturated heterocycles. The number of hydrogen-bond donors (Lipinski definition) is 4. The van der Waals surface area contributed by atoms with Crippen LogP contribution in [0.25, 0.3) is 0 Å². The number of nitrogens with one attached hydrogen (secondary N) is 4. The third-order valence-electron chi connectivity index (χ3n) is 6.20. The molecule has 4 heterocycles. The number of amides is 1. The third-order valence-corrected chi connectivity index (χ3v) is 6.20. The van der Waals surface area contributed by atoms with Crippen molar-refractivity contribution >= 4 is 34.3 Å². The first kappa shape index (κ1) is 21.0. The Bertz CT molecular complexity index is 1210. The zero-order valence-electron chi connectivity index (χ0n) is 18.5. The normalized spacial score (nSPS) is 15.6. The molecule has 2 aliphatic heterocycles. The number of aromatic amines is 1. The van der Waals surface area contributed by atoms with Crippen LogP contribution in [0.1, 0.15) is 15.9 Å². The number of anilines is 5. The third kappa shape index (κ3) is 4.40. The van der Waals surface area contributed by atoms with Crippen molar-refractivity contribution in [2.45, 2.75) is 6.42 Å². The molecular weight excluding hydrogens is 418 g/mol. The summed E-state index contributed by atoms with van der Waals surface area (Å²) < 4.78 is 0. The van der Waals surface area contributed by atoms with Crippen molar-refractivity contribution in [2.75, 3.05) is 60.6 Å². The minimum Gasteiger partial charge on any atom is -0.383 e. The Labute approximate surface area is 191 Å². The summed E-state index contributed by atoms with van der Waals surface area (Å²) in [6.07, 6.45) is 5.88.